The van der Waals surface area contributed by atoms with Crippen molar-refractivity contribution in [1.29, 1.82) is 0 Å². The second kappa shape index (κ2) is 9.61. The molecular weight excluding hydrogens is 439 g/mol. The van der Waals surface area contributed by atoms with Crippen LogP contribution in [0.15, 0.2) is 54.2 Å². The molecule has 152 valence electrons. The normalized spacial score (nSPS) is 12.0. The summed E-state index contributed by atoms with van der Waals surface area (Å²) in [5.74, 6) is 0.584. The number of thioether (sulfide) groups is 1. The molecule has 0 saturated carbocycles. The van der Waals surface area contributed by atoms with Gasteiger partial charge in [-0.2, -0.15) is 0 Å². The van der Waals surface area contributed by atoms with E-state index in [1.807, 2.05) is 4.57 Å². The Hall–Kier alpha value is -2.09. The Kier molecular flexibility index (Phi) is 7.16. The Balaban J connectivity index is 1.79. The molecule has 1 atom stereocenters. The minimum atomic E-state index is -0.492. The molecule has 9 heteroatoms. The van der Waals surface area contributed by atoms with Crippen LogP contribution in [-0.4, -0.2) is 14.8 Å². The lowest BCUT2D eigenvalue weighted by Gasteiger charge is -2.16. The van der Waals surface area contributed by atoms with Crippen molar-refractivity contribution in [2.24, 2.45) is 0 Å². The van der Waals surface area contributed by atoms with Crippen LogP contribution >= 0.6 is 35.0 Å². The number of allylic oxidation sites excluding steroid dienone is 1. The number of nitrogens with zero attached hydrogens (tertiary/aromatic N) is 3. The van der Waals surface area contributed by atoms with Gasteiger partial charge in [0.25, 0.3) is 0 Å². The van der Waals surface area contributed by atoms with Gasteiger partial charge in [-0.1, -0.05) is 47.1 Å². The number of benzene rings is 2. The zero-order chi connectivity index (χ0) is 21.0. The van der Waals surface area contributed by atoms with E-state index in [9.17, 15) is 8.78 Å². The summed E-state index contributed by atoms with van der Waals surface area (Å²) >= 11 is 13.6. The molecule has 1 aromatic heterocycles. The van der Waals surface area contributed by atoms with Crippen LogP contribution in [-0.2, 0) is 12.3 Å². The van der Waals surface area contributed by atoms with Crippen LogP contribution in [0.3, 0.4) is 0 Å². The predicted octanol–water partition coefficient (Wildman–Crippen LogP) is 6.48. The van der Waals surface area contributed by atoms with E-state index in [4.69, 9.17) is 27.9 Å². The van der Waals surface area contributed by atoms with Gasteiger partial charge >= 0.3 is 0 Å². The molecule has 0 N–H and O–H groups in total. The Morgan fingerprint density at radius 1 is 1.14 bits per heavy atom. The summed E-state index contributed by atoms with van der Waals surface area (Å²) < 4.78 is 34.2. The van der Waals surface area contributed by atoms with Crippen LogP contribution in [0.2, 0.25) is 10.0 Å². The zero-order valence-corrected chi connectivity index (χ0v) is 17.7. The van der Waals surface area contributed by atoms with Crippen molar-refractivity contribution in [3.63, 3.8) is 0 Å². The third kappa shape index (κ3) is 5.29. The third-order valence-electron chi connectivity index (χ3n) is 3.99. The number of rotatable bonds is 8. The van der Waals surface area contributed by atoms with E-state index >= 15 is 0 Å². The van der Waals surface area contributed by atoms with Crippen molar-refractivity contribution >= 4 is 35.0 Å². The van der Waals surface area contributed by atoms with Crippen LogP contribution in [0.1, 0.15) is 24.4 Å². The van der Waals surface area contributed by atoms with Crippen molar-refractivity contribution in [1.82, 2.24) is 14.8 Å². The average Bonchev–Trinajstić information content (AvgIpc) is 3.06. The van der Waals surface area contributed by atoms with Crippen molar-refractivity contribution in [2.75, 3.05) is 0 Å². The first-order valence-corrected chi connectivity index (χ1v) is 10.4. The minimum absolute atomic E-state index is 0.173. The highest BCUT2D eigenvalue weighted by Gasteiger charge is 2.20. The fourth-order valence-electron chi connectivity index (χ4n) is 2.60. The van der Waals surface area contributed by atoms with Gasteiger partial charge in [0, 0.05) is 17.3 Å². The van der Waals surface area contributed by atoms with Crippen molar-refractivity contribution in [3.8, 4) is 5.75 Å². The first kappa shape index (κ1) is 21.6. The molecular formula is C20H17Cl2F2N3OS. The molecule has 0 aliphatic rings. The molecule has 29 heavy (non-hydrogen) atoms. The lowest BCUT2D eigenvalue weighted by Crippen LogP contribution is -2.12. The monoisotopic (exact) mass is 455 g/mol. The summed E-state index contributed by atoms with van der Waals surface area (Å²) in [6.45, 7) is 6.04. The Bertz CT molecular complexity index is 1030. The first-order chi connectivity index (χ1) is 13.9. The van der Waals surface area contributed by atoms with Gasteiger partial charge in [-0.25, -0.2) is 8.78 Å². The second-order valence-corrected chi connectivity index (χ2v) is 7.86. The molecule has 0 amide bonds. The summed E-state index contributed by atoms with van der Waals surface area (Å²) in [5.41, 5.74) is 0.787. The molecule has 0 spiro atoms. The quantitative estimate of drug-likeness (QED) is 0.287. The van der Waals surface area contributed by atoms with Gasteiger partial charge in [-0.05, 0) is 42.8 Å². The highest BCUT2D eigenvalue weighted by Crippen LogP contribution is 2.31. The van der Waals surface area contributed by atoms with Gasteiger partial charge in [0.05, 0.1) is 5.02 Å². The standard InChI is InChI=1S/C20H17Cl2F2N3OS/c1-3-8-27-19(12(2)28-18-7-6-15(24)10-17(18)22)25-26-20(27)29-11-13-4-5-14(23)9-16(13)21/h3-7,9-10,12H,1,8,11H2,2H3. The number of halogens is 4. The predicted molar refractivity (Wildman–Crippen MR) is 112 cm³/mol. The average molecular weight is 456 g/mol. The molecule has 1 unspecified atom stereocenters. The van der Waals surface area contributed by atoms with Crippen LogP contribution in [0, 0.1) is 11.6 Å². The minimum Gasteiger partial charge on any atom is -0.481 e. The van der Waals surface area contributed by atoms with Crippen molar-refractivity contribution in [3.05, 3.63) is 82.1 Å². The molecule has 3 aromatic rings. The topological polar surface area (TPSA) is 39.9 Å². The smallest absolute Gasteiger partial charge is 0.191 e. The fraction of sp³-hybridized carbons (Fsp3) is 0.200. The van der Waals surface area contributed by atoms with Crippen molar-refractivity contribution in [2.45, 2.75) is 30.5 Å². The molecule has 0 saturated heterocycles. The molecule has 0 bridgehead atoms. The lowest BCUT2D eigenvalue weighted by molar-refractivity contribution is 0.210. The van der Waals surface area contributed by atoms with E-state index in [1.54, 1.807) is 19.1 Å². The third-order valence-corrected chi connectivity index (χ3v) is 5.65. The maximum absolute atomic E-state index is 13.2. The molecule has 0 radical (unpaired) electrons. The molecule has 0 aliphatic carbocycles. The lowest BCUT2D eigenvalue weighted by atomic mass is 10.2. The summed E-state index contributed by atoms with van der Waals surface area (Å²) in [6.07, 6.45) is 1.23. The van der Waals surface area contributed by atoms with Gasteiger partial charge in [-0.15, -0.1) is 16.8 Å². The Labute approximate surface area is 181 Å². The van der Waals surface area contributed by atoms with Crippen LogP contribution in [0.25, 0.3) is 0 Å². The largest absolute Gasteiger partial charge is 0.481 e. The highest BCUT2D eigenvalue weighted by atomic mass is 35.5. The first-order valence-electron chi connectivity index (χ1n) is 8.61. The molecule has 4 nitrogen and oxygen atoms in total. The number of ether oxygens (including phenoxy) is 1. The highest BCUT2D eigenvalue weighted by molar-refractivity contribution is 7.98. The molecule has 1 heterocycles. The number of aromatic nitrogens is 3. The van der Waals surface area contributed by atoms with E-state index in [-0.39, 0.29) is 10.8 Å². The molecule has 2 aromatic carbocycles. The van der Waals surface area contributed by atoms with Gasteiger partial charge < -0.3 is 4.74 Å². The maximum Gasteiger partial charge on any atom is 0.191 e. The van der Waals surface area contributed by atoms with E-state index < -0.39 is 11.9 Å². The van der Waals surface area contributed by atoms with Crippen molar-refractivity contribution < 1.29 is 13.5 Å². The summed E-state index contributed by atoms with van der Waals surface area (Å²) in [5, 5.41) is 9.64. The maximum atomic E-state index is 13.2. The molecule has 0 aliphatic heterocycles. The van der Waals surface area contributed by atoms with Gasteiger partial charge in [0.15, 0.2) is 17.1 Å². The Morgan fingerprint density at radius 2 is 1.83 bits per heavy atom. The summed E-state index contributed by atoms with van der Waals surface area (Å²) in [4.78, 5) is 0. The van der Waals surface area contributed by atoms with Crippen LogP contribution in [0.4, 0.5) is 8.78 Å². The number of hydrogen-bond acceptors (Lipinski definition) is 4. The van der Waals surface area contributed by atoms with Gasteiger partial charge in [-0.3, -0.25) is 4.57 Å². The fourth-order valence-corrected chi connectivity index (χ4v) is 4.09. The van der Waals surface area contributed by atoms with E-state index in [0.29, 0.717) is 34.1 Å². The second-order valence-electron chi connectivity index (χ2n) is 6.10. The molecule has 3 rings (SSSR count). The SMILES string of the molecule is C=CCn1c(SCc2ccc(F)cc2Cl)nnc1C(C)Oc1ccc(F)cc1Cl. The number of hydrogen-bond donors (Lipinski definition) is 0. The van der Waals surface area contributed by atoms with Crippen LogP contribution < -0.4 is 4.74 Å². The zero-order valence-electron chi connectivity index (χ0n) is 15.4. The van der Waals surface area contributed by atoms with E-state index in [2.05, 4.69) is 16.8 Å². The summed E-state index contributed by atoms with van der Waals surface area (Å²) in [7, 11) is 0. The van der Waals surface area contributed by atoms with Gasteiger partial charge in [0.1, 0.15) is 17.4 Å². The van der Waals surface area contributed by atoms with E-state index in [1.165, 1.54) is 42.1 Å². The molecule has 0 fully saturated rings. The van der Waals surface area contributed by atoms with Crippen LogP contribution in [0.5, 0.6) is 5.75 Å². The summed E-state index contributed by atoms with van der Waals surface area (Å²) in [6, 6.07) is 8.21. The van der Waals surface area contributed by atoms with Gasteiger partial charge in [0.2, 0.25) is 0 Å². The van der Waals surface area contributed by atoms with E-state index in [0.717, 1.165) is 5.56 Å². The Morgan fingerprint density at radius 3 is 2.48 bits per heavy atom.